The smallest absolute Gasteiger partial charge is 0.276 e. The number of benzene rings is 2. The van der Waals surface area contributed by atoms with E-state index in [-0.39, 0.29) is 16.7 Å². The van der Waals surface area contributed by atoms with Crippen LogP contribution in [-0.4, -0.2) is 30.1 Å². The number of halogens is 2. The third-order valence-electron chi connectivity index (χ3n) is 3.47. The number of rotatable bonds is 7. The molecule has 0 bridgehead atoms. The van der Waals surface area contributed by atoms with Crippen molar-refractivity contribution < 1.29 is 19.1 Å². The summed E-state index contributed by atoms with van der Waals surface area (Å²) in [6.07, 6.45) is 0. The Labute approximate surface area is 190 Å². The molecular formula is C20H21Cl2N3O4S. The standard InChI is InChI=1S/C20H21Cl2N3O4S/c1-12(2)10-28-15-5-3-4-13(8-15)19(27)23-20(30)25-24-18(26)11-29-17-7-6-14(21)9-16(17)22/h3-9,12H,10-11H2,1-2H3,(H,24,26)(H2,23,25,27,30). The van der Waals surface area contributed by atoms with Crippen LogP contribution in [0.2, 0.25) is 10.0 Å². The van der Waals surface area contributed by atoms with Crippen LogP contribution in [0.5, 0.6) is 11.5 Å². The minimum absolute atomic E-state index is 0.0774. The number of thiocarbonyl (C=S) groups is 1. The lowest BCUT2D eigenvalue weighted by molar-refractivity contribution is -0.123. The van der Waals surface area contributed by atoms with Gasteiger partial charge in [0.25, 0.3) is 11.8 Å². The van der Waals surface area contributed by atoms with E-state index in [0.717, 1.165) is 0 Å². The lowest BCUT2D eigenvalue weighted by atomic mass is 10.2. The Morgan fingerprint density at radius 3 is 2.53 bits per heavy atom. The molecule has 0 heterocycles. The van der Waals surface area contributed by atoms with Crippen molar-refractivity contribution in [2.75, 3.05) is 13.2 Å². The molecule has 0 radical (unpaired) electrons. The van der Waals surface area contributed by atoms with Gasteiger partial charge in [-0.2, -0.15) is 0 Å². The predicted molar refractivity (Wildman–Crippen MR) is 120 cm³/mol. The van der Waals surface area contributed by atoms with Gasteiger partial charge in [-0.1, -0.05) is 43.1 Å². The summed E-state index contributed by atoms with van der Waals surface area (Å²) >= 11 is 16.8. The average Bonchev–Trinajstić information content (AvgIpc) is 2.70. The van der Waals surface area contributed by atoms with Gasteiger partial charge in [-0.3, -0.25) is 25.8 Å². The number of hydrogen-bond donors (Lipinski definition) is 3. The maximum atomic E-state index is 12.3. The zero-order valence-corrected chi connectivity index (χ0v) is 18.7. The van der Waals surface area contributed by atoms with Crippen molar-refractivity contribution in [2.45, 2.75) is 13.8 Å². The molecule has 2 rings (SSSR count). The minimum atomic E-state index is -0.526. The van der Waals surface area contributed by atoms with Crippen LogP contribution in [0.4, 0.5) is 0 Å². The van der Waals surface area contributed by atoms with Crippen LogP contribution < -0.4 is 25.6 Å². The second kappa shape index (κ2) is 11.6. The summed E-state index contributed by atoms with van der Waals surface area (Å²) in [6, 6.07) is 11.4. The van der Waals surface area contributed by atoms with Gasteiger partial charge in [-0.25, -0.2) is 0 Å². The van der Waals surface area contributed by atoms with Crippen molar-refractivity contribution in [2.24, 2.45) is 5.92 Å². The molecule has 0 fully saturated rings. The zero-order chi connectivity index (χ0) is 22.1. The largest absolute Gasteiger partial charge is 0.493 e. The van der Waals surface area contributed by atoms with Crippen LogP contribution in [0.1, 0.15) is 24.2 Å². The van der Waals surface area contributed by atoms with E-state index in [2.05, 4.69) is 16.2 Å². The quantitative estimate of drug-likeness (QED) is 0.422. The maximum Gasteiger partial charge on any atom is 0.276 e. The molecule has 0 unspecified atom stereocenters. The summed E-state index contributed by atoms with van der Waals surface area (Å²) in [4.78, 5) is 24.2. The molecule has 7 nitrogen and oxygen atoms in total. The van der Waals surface area contributed by atoms with Gasteiger partial charge < -0.3 is 9.47 Å². The first kappa shape index (κ1) is 23.7. The Hall–Kier alpha value is -2.55. The summed E-state index contributed by atoms with van der Waals surface area (Å²) in [5, 5.41) is 3.13. The van der Waals surface area contributed by atoms with E-state index in [4.69, 9.17) is 44.9 Å². The molecule has 2 aromatic carbocycles. The summed E-state index contributed by atoms with van der Waals surface area (Å²) in [6.45, 7) is 4.29. The van der Waals surface area contributed by atoms with Crippen LogP contribution in [0, 0.1) is 5.92 Å². The van der Waals surface area contributed by atoms with E-state index < -0.39 is 11.8 Å². The molecule has 0 aliphatic carbocycles. The van der Waals surface area contributed by atoms with Crippen LogP contribution in [0.3, 0.4) is 0 Å². The molecule has 2 amide bonds. The summed E-state index contributed by atoms with van der Waals surface area (Å²) in [5.74, 6) is 0.290. The SMILES string of the molecule is CC(C)COc1cccc(C(=O)NC(=S)NNC(=O)COc2ccc(Cl)cc2Cl)c1. The molecular weight excluding hydrogens is 449 g/mol. The van der Waals surface area contributed by atoms with E-state index in [0.29, 0.717) is 34.6 Å². The van der Waals surface area contributed by atoms with Crippen LogP contribution in [-0.2, 0) is 4.79 Å². The van der Waals surface area contributed by atoms with Gasteiger partial charge in [-0.05, 0) is 54.5 Å². The molecule has 2 aromatic rings. The van der Waals surface area contributed by atoms with Gasteiger partial charge >= 0.3 is 0 Å². The molecule has 160 valence electrons. The summed E-state index contributed by atoms with van der Waals surface area (Å²) in [5.41, 5.74) is 5.12. The Kier molecular flexibility index (Phi) is 9.16. The van der Waals surface area contributed by atoms with Crippen LogP contribution >= 0.6 is 35.4 Å². The van der Waals surface area contributed by atoms with Crippen molar-refractivity contribution >= 4 is 52.3 Å². The molecule has 0 aliphatic heterocycles. The molecule has 3 N–H and O–H groups in total. The number of carbonyl (C=O) groups excluding carboxylic acids is 2. The third kappa shape index (κ3) is 8.06. The van der Waals surface area contributed by atoms with Gasteiger partial charge in [0.2, 0.25) is 0 Å². The van der Waals surface area contributed by atoms with Gasteiger partial charge in [0.1, 0.15) is 11.5 Å². The Bertz CT molecular complexity index is 925. The van der Waals surface area contributed by atoms with E-state index in [1.165, 1.54) is 6.07 Å². The summed E-state index contributed by atoms with van der Waals surface area (Å²) < 4.78 is 10.9. The highest BCUT2D eigenvalue weighted by Crippen LogP contribution is 2.27. The normalized spacial score (nSPS) is 10.3. The topological polar surface area (TPSA) is 88.7 Å². The van der Waals surface area contributed by atoms with E-state index in [1.54, 1.807) is 36.4 Å². The second-order valence-corrected chi connectivity index (χ2v) is 7.80. The fourth-order valence-corrected chi connectivity index (χ4v) is 2.70. The minimum Gasteiger partial charge on any atom is -0.493 e. The first-order chi connectivity index (χ1) is 14.2. The molecule has 0 atom stereocenters. The monoisotopic (exact) mass is 469 g/mol. The number of hydrazine groups is 1. The van der Waals surface area contributed by atoms with Gasteiger partial charge in [0.15, 0.2) is 11.7 Å². The lowest BCUT2D eigenvalue weighted by Crippen LogP contribution is -2.49. The molecule has 0 saturated carbocycles. The highest BCUT2D eigenvalue weighted by molar-refractivity contribution is 7.80. The Morgan fingerprint density at radius 2 is 1.83 bits per heavy atom. The Balaban J connectivity index is 1.77. The van der Waals surface area contributed by atoms with E-state index in [1.807, 2.05) is 13.8 Å². The number of amides is 2. The van der Waals surface area contributed by atoms with Crippen molar-refractivity contribution in [3.63, 3.8) is 0 Å². The van der Waals surface area contributed by atoms with Crippen molar-refractivity contribution in [3.8, 4) is 11.5 Å². The number of hydrogen-bond acceptors (Lipinski definition) is 5. The summed E-state index contributed by atoms with van der Waals surface area (Å²) in [7, 11) is 0. The molecule has 0 spiro atoms. The molecule has 10 heteroatoms. The highest BCUT2D eigenvalue weighted by Gasteiger charge is 2.11. The fraction of sp³-hybridized carbons (Fsp3) is 0.250. The van der Waals surface area contributed by atoms with Gasteiger partial charge in [-0.15, -0.1) is 0 Å². The zero-order valence-electron chi connectivity index (χ0n) is 16.3. The van der Waals surface area contributed by atoms with Crippen molar-refractivity contribution in [1.29, 1.82) is 0 Å². The molecule has 0 saturated heterocycles. The first-order valence-electron chi connectivity index (χ1n) is 8.95. The van der Waals surface area contributed by atoms with Crippen LogP contribution in [0.25, 0.3) is 0 Å². The van der Waals surface area contributed by atoms with E-state index in [9.17, 15) is 9.59 Å². The second-order valence-electron chi connectivity index (χ2n) is 6.55. The first-order valence-corrected chi connectivity index (χ1v) is 10.1. The predicted octanol–water partition coefficient (Wildman–Crippen LogP) is 3.74. The fourth-order valence-electron chi connectivity index (χ4n) is 2.09. The molecule has 0 aliphatic rings. The molecule has 0 aromatic heterocycles. The maximum absolute atomic E-state index is 12.3. The highest BCUT2D eigenvalue weighted by atomic mass is 35.5. The average molecular weight is 470 g/mol. The molecule has 30 heavy (non-hydrogen) atoms. The van der Waals surface area contributed by atoms with Crippen LogP contribution in [0.15, 0.2) is 42.5 Å². The lowest BCUT2D eigenvalue weighted by Gasteiger charge is -2.13. The number of carbonyl (C=O) groups is 2. The number of nitrogens with one attached hydrogen (secondary N) is 3. The Morgan fingerprint density at radius 1 is 1.07 bits per heavy atom. The number of ether oxygens (including phenoxy) is 2. The van der Waals surface area contributed by atoms with Crippen molar-refractivity contribution in [1.82, 2.24) is 16.2 Å². The van der Waals surface area contributed by atoms with Crippen molar-refractivity contribution in [3.05, 3.63) is 58.1 Å². The third-order valence-corrected chi connectivity index (χ3v) is 4.21. The van der Waals surface area contributed by atoms with Gasteiger partial charge in [0.05, 0.1) is 11.6 Å². The van der Waals surface area contributed by atoms with Gasteiger partial charge in [0, 0.05) is 10.6 Å². The van der Waals surface area contributed by atoms with E-state index >= 15 is 0 Å².